The van der Waals surface area contributed by atoms with E-state index in [0.29, 0.717) is 5.56 Å². The van der Waals surface area contributed by atoms with E-state index >= 15 is 0 Å². The summed E-state index contributed by atoms with van der Waals surface area (Å²) < 4.78 is 2.51. The first kappa shape index (κ1) is 26.4. The number of rotatable bonds is 6. The molecule has 0 N–H and O–H groups in total. The van der Waals surface area contributed by atoms with Crippen molar-refractivity contribution in [3.63, 3.8) is 0 Å². The fourth-order valence-electron chi connectivity index (χ4n) is 6.13. The minimum Gasteiger partial charge on any atom is -0.334 e. The molecule has 0 saturated carbocycles. The number of hydrogen-bond donors (Lipinski definition) is 0. The summed E-state index contributed by atoms with van der Waals surface area (Å²) in [5, 5.41) is 14.4. The first-order chi connectivity index (χ1) is 19.9. The Morgan fingerprint density at radius 2 is 1.37 bits per heavy atom. The van der Waals surface area contributed by atoms with Crippen molar-refractivity contribution in [2.45, 2.75) is 39.7 Å². The van der Waals surface area contributed by atoms with Crippen LogP contribution < -0.4 is 0 Å². The molecule has 0 unspecified atom stereocenters. The minimum atomic E-state index is -0.163. The number of benzene rings is 5. The van der Waals surface area contributed by atoms with E-state index in [4.69, 9.17) is 0 Å². The van der Waals surface area contributed by atoms with Gasteiger partial charge in [0.25, 0.3) is 0 Å². The van der Waals surface area contributed by atoms with Crippen molar-refractivity contribution in [3.05, 3.63) is 138 Å². The van der Waals surface area contributed by atoms with Crippen molar-refractivity contribution < 1.29 is 0 Å². The van der Waals surface area contributed by atoms with Gasteiger partial charge in [0.1, 0.15) is 0 Å². The van der Waals surface area contributed by atoms with E-state index < -0.39 is 0 Å². The molecule has 0 aliphatic rings. The smallest absolute Gasteiger partial charge is 0.0991 e. The summed E-state index contributed by atoms with van der Waals surface area (Å²) in [5.74, 6) is 0. The third-order valence-electron chi connectivity index (χ3n) is 7.99. The van der Waals surface area contributed by atoms with Crippen molar-refractivity contribution in [1.82, 2.24) is 4.57 Å². The zero-order chi connectivity index (χ0) is 28.6. The van der Waals surface area contributed by atoms with Crippen LogP contribution >= 0.6 is 0 Å². The largest absolute Gasteiger partial charge is 0.334 e. The maximum absolute atomic E-state index is 9.32. The highest BCUT2D eigenvalue weighted by molar-refractivity contribution is 6.08. The number of nitrogens with zero attached hydrogens (tertiary/aromatic N) is 2. The van der Waals surface area contributed by atoms with Crippen LogP contribution in [-0.2, 0) is 5.54 Å². The average Bonchev–Trinajstić information content (AvgIpc) is 3.34. The lowest BCUT2D eigenvalue weighted by Crippen LogP contribution is -2.25. The van der Waals surface area contributed by atoms with E-state index in [9.17, 15) is 5.26 Å². The lowest BCUT2D eigenvalue weighted by Gasteiger charge is -2.29. The summed E-state index contributed by atoms with van der Waals surface area (Å²) in [4.78, 5) is 0. The van der Waals surface area contributed by atoms with E-state index in [0.717, 1.165) is 12.0 Å². The molecule has 0 radical (unpaired) electrons. The Hall–Kier alpha value is -4.87. The van der Waals surface area contributed by atoms with Crippen LogP contribution in [0.3, 0.4) is 0 Å². The number of hydrogen-bond acceptors (Lipinski definition) is 1. The SMILES string of the molecule is CC(C)=C/C(=C\CC(C)(C)n1c2ccccc2c2ccccc21)c1cccc2cccc(-c3ccc(C#N)cc3)c12. The van der Waals surface area contributed by atoms with Gasteiger partial charge in [0.2, 0.25) is 0 Å². The minimum absolute atomic E-state index is 0.163. The van der Waals surface area contributed by atoms with Gasteiger partial charge in [-0.3, -0.25) is 0 Å². The number of fused-ring (bicyclic) bond motifs is 4. The molecule has 0 spiro atoms. The van der Waals surface area contributed by atoms with Gasteiger partial charge in [-0.2, -0.15) is 5.26 Å². The molecule has 0 bridgehead atoms. The maximum Gasteiger partial charge on any atom is 0.0991 e. The van der Waals surface area contributed by atoms with Gasteiger partial charge in [-0.05, 0) is 91.4 Å². The van der Waals surface area contributed by atoms with E-state index in [1.165, 1.54) is 54.9 Å². The maximum atomic E-state index is 9.32. The first-order valence-electron chi connectivity index (χ1n) is 14.2. The van der Waals surface area contributed by atoms with Crippen LogP contribution in [0.1, 0.15) is 45.2 Å². The predicted octanol–water partition coefficient (Wildman–Crippen LogP) is 10.7. The van der Waals surface area contributed by atoms with Crippen LogP contribution in [0.2, 0.25) is 0 Å². The van der Waals surface area contributed by atoms with Crippen LogP contribution in [-0.4, -0.2) is 4.57 Å². The van der Waals surface area contributed by atoms with Gasteiger partial charge < -0.3 is 4.57 Å². The molecule has 2 nitrogen and oxygen atoms in total. The fraction of sp³-hybridized carbons (Fsp3) is 0.154. The van der Waals surface area contributed by atoms with E-state index in [-0.39, 0.29) is 5.54 Å². The van der Waals surface area contributed by atoms with Crippen LogP contribution in [0.25, 0.3) is 49.3 Å². The van der Waals surface area contributed by atoms with Gasteiger partial charge in [-0.1, -0.05) is 103 Å². The third-order valence-corrected chi connectivity index (χ3v) is 7.99. The number of nitriles is 1. The third kappa shape index (κ3) is 4.85. The number of aromatic nitrogens is 1. The quantitative estimate of drug-likeness (QED) is 0.197. The molecule has 1 aromatic heterocycles. The molecule has 6 aromatic rings. The lowest BCUT2D eigenvalue weighted by molar-refractivity contribution is 0.383. The Kier molecular flexibility index (Phi) is 6.82. The summed E-state index contributed by atoms with van der Waals surface area (Å²) in [6.07, 6.45) is 5.59. The first-order valence-corrected chi connectivity index (χ1v) is 14.2. The molecule has 0 saturated heterocycles. The molecule has 2 heteroatoms. The summed E-state index contributed by atoms with van der Waals surface area (Å²) in [7, 11) is 0. The Balaban J connectivity index is 1.51. The summed E-state index contributed by atoms with van der Waals surface area (Å²) >= 11 is 0. The molecule has 200 valence electrons. The second kappa shape index (κ2) is 10.6. The normalized spacial score (nSPS) is 12.1. The number of allylic oxidation sites excluding steroid dienone is 4. The van der Waals surface area contributed by atoms with Crippen molar-refractivity contribution in [2.24, 2.45) is 0 Å². The van der Waals surface area contributed by atoms with Crippen LogP contribution in [0, 0.1) is 11.3 Å². The van der Waals surface area contributed by atoms with E-state index in [1.54, 1.807) is 0 Å². The molecule has 1 heterocycles. The van der Waals surface area contributed by atoms with Gasteiger partial charge in [0, 0.05) is 27.3 Å². The van der Waals surface area contributed by atoms with Gasteiger partial charge in [-0.15, -0.1) is 0 Å². The van der Waals surface area contributed by atoms with Crippen LogP contribution in [0.4, 0.5) is 0 Å². The highest BCUT2D eigenvalue weighted by atomic mass is 15.1. The summed E-state index contributed by atoms with van der Waals surface area (Å²) in [6, 6.07) is 40.7. The van der Waals surface area contributed by atoms with Crippen molar-refractivity contribution in [1.29, 1.82) is 5.26 Å². The summed E-state index contributed by atoms with van der Waals surface area (Å²) in [5.41, 5.74) is 9.05. The molecule has 0 atom stereocenters. The molecule has 5 aromatic carbocycles. The Morgan fingerprint density at radius 1 is 0.756 bits per heavy atom. The summed E-state index contributed by atoms with van der Waals surface area (Å²) in [6.45, 7) is 9.01. The van der Waals surface area contributed by atoms with Crippen molar-refractivity contribution in [3.8, 4) is 17.2 Å². The molecule has 6 rings (SSSR count). The fourth-order valence-corrected chi connectivity index (χ4v) is 6.13. The standard InChI is InChI=1S/C39H34N2/c1-27(2)25-31(23-24-39(3,4)41-36-17-7-5-13-34(36)35-14-6-8-18-37(35)41)33-16-10-12-30-11-9-15-32(38(30)33)29-21-19-28(26-40)20-22-29/h5-23,25H,24H2,1-4H3/b31-23+. The Bertz CT molecular complexity index is 1940. The topological polar surface area (TPSA) is 28.7 Å². The molecular weight excluding hydrogens is 496 g/mol. The second-order valence-electron chi connectivity index (χ2n) is 11.7. The molecule has 0 amide bonds. The van der Waals surface area contributed by atoms with Crippen molar-refractivity contribution >= 4 is 38.2 Å². The van der Waals surface area contributed by atoms with Gasteiger partial charge in [0.05, 0.1) is 11.6 Å². The predicted molar refractivity (Wildman–Crippen MR) is 175 cm³/mol. The molecule has 0 aliphatic heterocycles. The van der Waals surface area contributed by atoms with E-state index in [1.807, 2.05) is 12.1 Å². The monoisotopic (exact) mass is 530 g/mol. The lowest BCUT2D eigenvalue weighted by atomic mass is 9.89. The Labute approximate surface area is 242 Å². The second-order valence-corrected chi connectivity index (χ2v) is 11.7. The van der Waals surface area contributed by atoms with Gasteiger partial charge in [-0.25, -0.2) is 0 Å². The molecular formula is C39H34N2. The van der Waals surface area contributed by atoms with Crippen LogP contribution in [0.5, 0.6) is 0 Å². The van der Waals surface area contributed by atoms with Crippen molar-refractivity contribution in [2.75, 3.05) is 0 Å². The molecule has 0 fully saturated rings. The average molecular weight is 531 g/mol. The number of para-hydroxylation sites is 2. The van der Waals surface area contributed by atoms with Gasteiger partial charge >= 0.3 is 0 Å². The van der Waals surface area contributed by atoms with Crippen LogP contribution in [0.15, 0.2) is 127 Å². The van der Waals surface area contributed by atoms with E-state index in [2.05, 4.69) is 148 Å². The Morgan fingerprint density at radius 3 is 1.98 bits per heavy atom. The molecule has 41 heavy (non-hydrogen) atoms. The molecule has 0 aliphatic carbocycles. The zero-order valence-electron chi connectivity index (χ0n) is 24.1. The highest BCUT2D eigenvalue weighted by Gasteiger charge is 2.24. The highest BCUT2D eigenvalue weighted by Crippen LogP contribution is 2.39. The van der Waals surface area contributed by atoms with Gasteiger partial charge in [0.15, 0.2) is 0 Å². The zero-order valence-corrected chi connectivity index (χ0v) is 24.1.